The van der Waals surface area contributed by atoms with Gasteiger partial charge in [0.1, 0.15) is 8.42 Å². The molecule has 0 bridgehead atoms. The lowest BCUT2D eigenvalue weighted by Gasteiger charge is -2.37. The first kappa shape index (κ1) is 20.7. The van der Waals surface area contributed by atoms with E-state index in [0.29, 0.717) is 31.7 Å². The Kier molecular flexibility index (Phi) is 6.63. The zero-order valence-corrected chi connectivity index (χ0v) is 17.1. The lowest BCUT2D eigenvalue weighted by Crippen LogP contribution is -2.45. The van der Waals surface area contributed by atoms with E-state index in [9.17, 15) is 16.8 Å². The number of sulfonamides is 2. The van der Waals surface area contributed by atoms with Gasteiger partial charge >= 0.3 is 0 Å². The fourth-order valence-electron chi connectivity index (χ4n) is 3.02. The normalized spacial score (nSPS) is 20.8. The molecular weight excluding hydrogens is 386 g/mol. The maximum atomic E-state index is 12.9. The summed E-state index contributed by atoms with van der Waals surface area (Å²) in [6.45, 7) is 6.53. The van der Waals surface area contributed by atoms with Crippen molar-refractivity contribution in [2.75, 3.05) is 39.9 Å². The van der Waals surface area contributed by atoms with Gasteiger partial charge in [-0.2, -0.15) is 4.31 Å². The van der Waals surface area contributed by atoms with Gasteiger partial charge in [0.25, 0.3) is 10.0 Å². The first-order valence-corrected chi connectivity index (χ1v) is 11.9. The third kappa shape index (κ3) is 4.24. The Morgan fingerprint density at radius 1 is 1.40 bits per heavy atom. The number of primary sulfonamides is 1. The van der Waals surface area contributed by atoms with Crippen LogP contribution >= 0.6 is 11.3 Å². The Bertz CT molecular complexity index is 800. The van der Waals surface area contributed by atoms with Crippen LogP contribution in [0.4, 0.5) is 0 Å². The topological polar surface area (TPSA) is 110 Å². The third-order valence-electron chi connectivity index (χ3n) is 4.30. The summed E-state index contributed by atoms with van der Waals surface area (Å²) >= 11 is 0.734. The van der Waals surface area contributed by atoms with Gasteiger partial charge in [-0.05, 0) is 25.6 Å². The zero-order valence-electron chi connectivity index (χ0n) is 14.6. The summed E-state index contributed by atoms with van der Waals surface area (Å²) in [7, 11) is -6.12. The quantitative estimate of drug-likeness (QED) is 0.634. The molecule has 1 aromatic heterocycles. The number of methoxy groups -OCH3 is 1. The molecule has 0 fully saturated rings. The van der Waals surface area contributed by atoms with Crippen molar-refractivity contribution in [3.8, 4) is 0 Å². The molecule has 11 heteroatoms. The van der Waals surface area contributed by atoms with Crippen molar-refractivity contribution in [2.24, 2.45) is 5.14 Å². The van der Waals surface area contributed by atoms with Gasteiger partial charge < -0.3 is 4.74 Å². The Labute approximate surface area is 153 Å². The molecule has 0 amide bonds. The van der Waals surface area contributed by atoms with Gasteiger partial charge in [-0.1, -0.05) is 13.8 Å². The summed E-state index contributed by atoms with van der Waals surface area (Å²) in [6, 6.07) is 1.23. The van der Waals surface area contributed by atoms with Crippen molar-refractivity contribution >= 4 is 31.4 Å². The van der Waals surface area contributed by atoms with E-state index in [0.717, 1.165) is 24.4 Å². The molecule has 0 aliphatic carbocycles. The smallest absolute Gasteiger partial charge is 0.252 e. The number of hydrogen-bond donors (Lipinski definition) is 1. The molecule has 1 aliphatic heterocycles. The molecule has 0 saturated heterocycles. The van der Waals surface area contributed by atoms with E-state index in [2.05, 4.69) is 4.90 Å². The van der Waals surface area contributed by atoms with E-state index < -0.39 is 20.0 Å². The molecular formula is C14H25N3O5S3. The van der Waals surface area contributed by atoms with Crippen molar-refractivity contribution in [3.63, 3.8) is 0 Å². The van der Waals surface area contributed by atoms with Crippen molar-refractivity contribution in [2.45, 2.75) is 34.7 Å². The number of hydrogen-bond acceptors (Lipinski definition) is 7. The highest BCUT2D eigenvalue weighted by atomic mass is 32.3. The molecule has 25 heavy (non-hydrogen) atoms. The molecule has 0 spiro atoms. The van der Waals surface area contributed by atoms with Crippen LogP contribution in [0.25, 0.3) is 0 Å². The molecule has 144 valence electrons. The molecule has 8 nitrogen and oxygen atoms in total. The maximum Gasteiger partial charge on any atom is 0.252 e. The third-order valence-corrected chi connectivity index (χ3v) is 9.27. The van der Waals surface area contributed by atoms with Crippen molar-refractivity contribution in [3.05, 3.63) is 11.6 Å². The van der Waals surface area contributed by atoms with E-state index >= 15 is 0 Å². The first-order chi connectivity index (χ1) is 11.7. The zero-order chi connectivity index (χ0) is 18.8. The number of likely N-dealkylation sites (N-methyl/N-ethyl adjacent to an activating group) is 1. The van der Waals surface area contributed by atoms with Gasteiger partial charge in [0, 0.05) is 32.4 Å². The van der Waals surface area contributed by atoms with E-state index in [1.54, 1.807) is 7.11 Å². The summed E-state index contributed by atoms with van der Waals surface area (Å²) < 4.78 is 55.7. The van der Waals surface area contributed by atoms with Gasteiger partial charge in [-0.25, -0.2) is 22.0 Å². The minimum Gasteiger partial charge on any atom is -0.385 e. The SMILES string of the molecule is CCN(CC)[C@H]1CN(CCCOC)S(=O)(=O)c2sc(S(N)(=O)=O)cc21. The predicted molar refractivity (Wildman–Crippen MR) is 96.6 cm³/mol. The van der Waals surface area contributed by atoms with E-state index in [-0.39, 0.29) is 14.5 Å². The molecule has 2 N–H and O–H groups in total. The number of nitrogens with zero attached hydrogens (tertiary/aromatic N) is 2. The molecule has 0 saturated carbocycles. The van der Waals surface area contributed by atoms with Crippen LogP contribution < -0.4 is 5.14 Å². The lowest BCUT2D eigenvalue weighted by atomic mass is 10.1. The van der Waals surface area contributed by atoms with Crippen molar-refractivity contribution < 1.29 is 21.6 Å². The highest BCUT2D eigenvalue weighted by Gasteiger charge is 2.41. The lowest BCUT2D eigenvalue weighted by molar-refractivity contribution is 0.161. The molecule has 1 aliphatic rings. The first-order valence-electron chi connectivity index (χ1n) is 8.06. The second-order valence-corrected chi connectivity index (χ2v) is 10.8. The molecule has 1 atom stereocenters. The Balaban J connectivity index is 2.53. The number of rotatable bonds is 8. The standard InChI is InChI=1S/C14H25N3O5S3/c1-4-16(5-2)12-10-17(7-6-8-22-3)25(20,21)14-11(12)9-13(23-14)24(15,18)19/h9,12H,4-8,10H2,1-3H3,(H2,15,18,19)/t12-/m0/s1. The average Bonchev–Trinajstić information content (AvgIpc) is 2.99. The fourth-order valence-corrected chi connectivity index (χ4v) is 7.31. The predicted octanol–water partition coefficient (Wildman–Crippen LogP) is 0.819. The fraction of sp³-hybridized carbons (Fsp3) is 0.714. The van der Waals surface area contributed by atoms with Gasteiger partial charge in [0.05, 0.1) is 6.04 Å². The molecule has 0 radical (unpaired) electrons. The second-order valence-electron chi connectivity index (χ2n) is 5.80. The molecule has 2 heterocycles. The summed E-state index contributed by atoms with van der Waals surface area (Å²) in [5, 5.41) is 5.22. The summed E-state index contributed by atoms with van der Waals surface area (Å²) in [6.07, 6.45) is 0.573. The van der Waals surface area contributed by atoms with Crippen molar-refractivity contribution in [1.82, 2.24) is 9.21 Å². The van der Waals surface area contributed by atoms with Gasteiger partial charge in [0.15, 0.2) is 0 Å². The molecule has 0 aromatic carbocycles. The van der Waals surface area contributed by atoms with E-state index in [1.165, 1.54) is 10.4 Å². The average molecular weight is 412 g/mol. The summed E-state index contributed by atoms with van der Waals surface area (Å²) in [4.78, 5) is 2.12. The minimum atomic E-state index is -3.95. The summed E-state index contributed by atoms with van der Waals surface area (Å²) in [5.74, 6) is 0. The largest absolute Gasteiger partial charge is 0.385 e. The second kappa shape index (κ2) is 7.99. The van der Waals surface area contributed by atoms with Gasteiger partial charge in [-0.15, -0.1) is 11.3 Å². The molecule has 1 aromatic rings. The highest BCUT2D eigenvalue weighted by Crippen LogP contribution is 2.42. The summed E-state index contributed by atoms with van der Waals surface area (Å²) in [5.41, 5.74) is 0.528. The van der Waals surface area contributed by atoms with Gasteiger partial charge in [-0.3, -0.25) is 4.90 Å². The van der Waals surface area contributed by atoms with Crippen LogP contribution in [0.5, 0.6) is 0 Å². The minimum absolute atomic E-state index is 0.0806. The Morgan fingerprint density at radius 2 is 2.04 bits per heavy atom. The van der Waals surface area contributed by atoms with Crippen LogP contribution in [0.3, 0.4) is 0 Å². The number of nitrogens with two attached hydrogens (primary N) is 1. The van der Waals surface area contributed by atoms with Crippen LogP contribution in [0.15, 0.2) is 14.5 Å². The van der Waals surface area contributed by atoms with Crippen LogP contribution in [0.1, 0.15) is 31.9 Å². The monoisotopic (exact) mass is 411 g/mol. The molecule has 0 unspecified atom stereocenters. The maximum absolute atomic E-state index is 12.9. The molecule has 2 rings (SSSR count). The van der Waals surface area contributed by atoms with Crippen molar-refractivity contribution in [1.29, 1.82) is 0 Å². The van der Waals surface area contributed by atoms with E-state index in [4.69, 9.17) is 9.88 Å². The van der Waals surface area contributed by atoms with Crippen LogP contribution in [0, 0.1) is 0 Å². The Morgan fingerprint density at radius 3 is 2.56 bits per heavy atom. The van der Waals surface area contributed by atoms with Crippen LogP contribution in [-0.2, 0) is 24.8 Å². The van der Waals surface area contributed by atoms with Gasteiger partial charge in [0.2, 0.25) is 10.0 Å². The number of fused-ring (bicyclic) bond motifs is 1. The highest BCUT2D eigenvalue weighted by molar-refractivity contribution is 7.94. The number of ether oxygens (including phenoxy) is 1. The Hall–Kier alpha value is -0.560. The number of thiophene rings is 1. The van der Waals surface area contributed by atoms with Crippen LogP contribution in [0.2, 0.25) is 0 Å². The van der Waals surface area contributed by atoms with Crippen LogP contribution in [-0.4, -0.2) is 65.9 Å². The van der Waals surface area contributed by atoms with E-state index in [1.807, 2.05) is 13.8 Å².